The van der Waals surface area contributed by atoms with Crippen molar-refractivity contribution in [3.05, 3.63) is 28.4 Å². The largest absolute Gasteiger partial charge is 0.361 e. The van der Waals surface area contributed by atoms with E-state index < -0.39 is 0 Å². The van der Waals surface area contributed by atoms with Gasteiger partial charge in [-0.3, -0.25) is 9.89 Å². The number of anilines is 1. The average Bonchev–Trinajstić information content (AvgIpc) is 2.79. The zero-order valence-electron chi connectivity index (χ0n) is 10.9. The first-order valence-electron chi connectivity index (χ1n) is 5.72. The van der Waals surface area contributed by atoms with Crippen molar-refractivity contribution < 1.29 is 9.32 Å². The third kappa shape index (κ3) is 2.27. The molecule has 2 aromatic heterocycles. The lowest BCUT2D eigenvalue weighted by Crippen LogP contribution is -2.16. The molecular weight excluding hydrogens is 232 g/mol. The molecule has 6 nitrogen and oxygen atoms in total. The van der Waals surface area contributed by atoms with E-state index in [0.717, 1.165) is 28.3 Å². The molecule has 0 unspecified atom stereocenters. The second kappa shape index (κ2) is 4.64. The monoisotopic (exact) mass is 248 g/mol. The number of hydrogen-bond donors (Lipinski definition) is 2. The summed E-state index contributed by atoms with van der Waals surface area (Å²) in [4.78, 5) is 12.0. The van der Waals surface area contributed by atoms with Crippen LogP contribution in [0.25, 0.3) is 0 Å². The molecule has 2 aromatic rings. The molecule has 0 saturated heterocycles. The highest BCUT2D eigenvalue weighted by Gasteiger charge is 2.15. The van der Waals surface area contributed by atoms with Crippen molar-refractivity contribution in [2.24, 2.45) is 0 Å². The van der Waals surface area contributed by atoms with Crippen LogP contribution in [-0.2, 0) is 11.2 Å². The topological polar surface area (TPSA) is 83.8 Å². The van der Waals surface area contributed by atoms with Crippen LogP contribution in [0.15, 0.2) is 4.52 Å². The first-order valence-corrected chi connectivity index (χ1v) is 5.72. The Balaban J connectivity index is 2.10. The SMILES string of the molecule is Cc1noc(C)c1CC(=O)Nc1c(C)n[nH]c1C. The van der Waals surface area contributed by atoms with E-state index in [4.69, 9.17) is 4.52 Å². The minimum absolute atomic E-state index is 0.1000. The Morgan fingerprint density at radius 2 is 2.00 bits per heavy atom. The summed E-state index contributed by atoms with van der Waals surface area (Å²) >= 11 is 0. The summed E-state index contributed by atoms with van der Waals surface area (Å²) in [5.74, 6) is 0.584. The highest BCUT2D eigenvalue weighted by Crippen LogP contribution is 2.18. The van der Waals surface area contributed by atoms with Gasteiger partial charge in [-0.1, -0.05) is 5.16 Å². The Hall–Kier alpha value is -2.11. The van der Waals surface area contributed by atoms with Crippen LogP contribution in [-0.4, -0.2) is 21.3 Å². The number of nitrogens with one attached hydrogen (secondary N) is 2. The van der Waals surface area contributed by atoms with Gasteiger partial charge in [-0.25, -0.2) is 0 Å². The summed E-state index contributed by atoms with van der Waals surface area (Å²) in [6.07, 6.45) is 0.255. The van der Waals surface area contributed by atoms with Crippen molar-refractivity contribution >= 4 is 11.6 Å². The predicted molar refractivity (Wildman–Crippen MR) is 66.4 cm³/mol. The minimum Gasteiger partial charge on any atom is -0.361 e. The van der Waals surface area contributed by atoms with E-state index in [1.807, 2.05) is 20.8 Å². The third-order valence-corrected chi connectivity index (χ3v) is 2.91. The second-order valence-electron chi connectivity index (χ2n) is 4.34. The molecular formula is C12H16N4O2. The molecule has 0 aromatic carbocycles. The van der Waals surface area contributed by atoms with Crippen LogP contribution in [0.1, 0.15) is 28.4 Å². The zero-order chi connectivity index (χ0) is 13.3. The summed E-state index contributed by atoms with van der Waals surface area (Å²) in [7, 11) is 0. The van der Waals surface area contributed by atoms with Gasteiger partial charge >= 0.3 is 0 Å². The Kier molecular flexibility index (Phi) is 3.18. The van der Waals surface area contributed by atoms with Crippen molar-refractivity contribution in [1.29, 1.82) is 0 Å². The molecule has 0 aliphatic rings. The average molecular weight is 248 g/mol. The van der Waals surface area contributed by atoms with Crippen LogP contribution >= 0.6 is 0 Å². The Morgan fingerprint density at radius 3 is 2.50 bits per heavy atom. The van der Waals surface area contributed by atoms with E-state index in [2.05, 4.69) is 20.7 Å². The highest BCUT2D eigenvalue weighted by molar-refractivity contribution is 5.93. The molecule has 0 aliphatic carbocycles. The number of rotatable bonds is 3. The van der Waals surface area contributed by atoms with Crippen molar-refractivity contribution in [2.75, 3.05) is 5.32 Å². The lowest BCUT2D eigenvalue weighted by molar-refractivity contribution is -0.115. The maximum Gasteiger partial charge on any atom is 0.229 e. The number of amides is 1. The third-order valence-electron chi connectivity index (χ3n) is 2.91. The van der Waals surface area contributed by atoms with Crippen LogP contribution in [0.3, 0.4) is 0 Å². The number of carbonyl (C=O) groups excluding carboxylic acids is 1. The van der Waals surface area contributed by atoms with E-state index in [-0.39, 0.29) is 12.3 Å². The molecule has 0 aliphatic heterocycles. The van der Waals surface area contributed by atoms with Gasteiger partial charge in [0.25, 0.3) is 0 Å². The molecule has 0 radical (unpaired) electrons. The molecule has 0 fully saturated rings. The van der Waals surface area contributed by atoms with Crippen LogP contribution in [0, 0.1) is 27.7 Å². The number of aromatic amines is 1. The summed E-state index contributed by atoms with van der Waals surface area (Å²) in [6, 6.07) is 0. The maximum atomic E-state index is 12.0. The predicted octanol–water partition coefficient (Wildman–Crippen LogP) is 1.81. The fourth-order valence-corrected chi connectivity index (χ4v) is 1.83. The molecule has 2 N–H and O–H groups in total. The van der Waals surface area contributed by atoms with E-state index in [0.29, 0.717) is 5.76 Å². The van der Waals surface area contributed by atoms with Crippen LogP contribution in [0.5, 0.6) is 0 Å². The van der Waals surface area contributed by atoms with Gasteiger partial charge in [0.1, 0.15) is 5.76 Å². The smallest absolute Gasteiger partial charge is 0.229 e. The van der Waals surface area contributed by atoms with E-state index in [9.17, 15) is 4.79 Å². The molecule has 2 heterocycles. The quantitative estimate of drug-likeness (QED) is 0.867. The lowest BCUT2D eigenvalue weighted by atomic mass is 10.1. The summed E-state index contributed by atoms with van der Waals surface area (Å²) < 4.78 is 5.03. The van der Waals surface area contributed by atoms with Gasteiger partial charge in [0.05, 0.1) is 29.2 Å². The first kappa shape index (κ1) is 12.3. The van der Waals surface area contributed by atoms with E-state index in [1.54, 1.807) is 6.92 Å². The number of hydrogen-bond acceptors (Lipinski definition) is 4. The first-order chi connectivity index (χ1) is 8.49. The molecule has 1 amide bonds. The van der Waals surface area contributed by atoms with Crippen molar-refractivity contribution in [3.8, 4) is 0 Å². The van der Waals surface area contributed by atoms with Crippen molar-refractivity contribution in [1.82, 2.24) is 15.4 Å². The fourth-order valence-electron chi connectivity index (χ4n) is 1.83. The normalized spacial score (nSPS) is 10.7. The summed E-state index contributed by atoms with van der Waals surface area (Å²) in [6.45, 7) is 7.34. The molecule has 6 heteroatoms. The number of nitrogens with zero attached hydrogens (tertiary/aromatic N) is 2. The van der Waals surface area contributed by atoms with Crippen LogP contribution in [0.4, 0.5) is 5.69 Å². The standard InChI is InChI=1S/C12H16N4O2/c1-6-10(9(4)18-16-6)5-11(17)13-12-7(2)14-15-8(12)3/h5H2,1-4H3,(H,13,17)(H,14,15). The number of aryl methyl sites for hydroxylation is 4. The maximum absolute atomic E-state index is 12.0. The molecule has 0 saturated carbocycles. The summed E-state index contributed by atoms with van der Waals surface area (Å²) in [5, 5.41) is 13.5. The van der Waals surface area contributed by atoms with Crippen molar-refractivity contribution in [3.63, 3.8) is 0 Å². The molecule has 0 atom stereocenters. The van der Waals surface area contributed by atoms with Gasteiger partial charge in [0.2, 0.25) is 5.91 Å². The zero-order valence-corrected chi connectivity index (χ0v) is 10.9. The molecule has 96 valence electrons. The van der Waals surface area contributed by atoms with Crippen LogP contribution in [0.2, 0.25) is 0 Å². The van der Waals surface area contributed by atoms with E-state index in [1.165, 1.54) is 0 Å². The van der Waals surface area contributed by atoms with Gasteiger partial charge in [-0.2, -0.15) is 5.10 Å². The fraction of sp³-hybridized carbons (Fsp3) is 0.417. The van der Waals surface area contributed by atoms with Crippen LogP contribution < -0.4 is 5.32 Å². The number of carbonyl (C=O) groups is 1. The van der Waals surface area contributed by atoms with E-state index >= 15 is 0 Å². The lowest BCUT2D eigenvalue weighted by Gasteiger charge is -2.04. The minimum atomic E-state index is -0.1000. The van der Waals surface area contributed by atoms with Gasteiger partial charge in [-0.15, -0.1) is 0 Å². The number of H-pyrrole nitrogens is 1. The highest BCUT2D eigenvalue weighted by atomic mass is 16.5. The summed E-state index contributed by atoms with van der Waals surface area (Å²) in [5.41, 5.74) is 3.96. The number of aromatic nitrogens is 3. The molecule has 0 spiro atoms. The molecule has 0 bridgehead atoms. The van der Waals surface area contributed by atoms with Crippen molar-refractivity contribution in [2.45, 2.75) is 34.1 Å². The van der Waals surface area contributed by atoms with Gasteiger partial charge in [0, 0.05) is 5.56 Å². The Bertz CT molecular complexity index is 494. The second-order valence-corrected chi connectivity index (χ2v) is 4.34. The van der Waals surface area contributed by atoms with Gasteiger partial charge in [-0.05, 0) is 27.7 Å². The Labute approximate surface area is 105 Å². The molecule has 2 rings (SSSR count). The Morgan fingerprint density at radius 1 is 1.28 bits per heavy atom. The van der Waals surface area contributed by atoms with Gasteiger partial charge in [0.15, 0.2) is 0 Å². The molecule has 18 heavy (non-hydrogen) atoms. The van der Waals surface area contributed by atoms with Gasteiger partial charge < -0.3 is 9.84 Å².